The van der Waals surface area contributed by atoms with Crippen LogP contribution in [0.3, 0.4) is 0 Å². The van der Waals surface area contributed by atoms with Crippen LogP contribution in [0, 0.1) is 25.7 Å². The van der Waals surface area contributed by atoms with Crippen LogP contribution in [0.5, 0.6) is 0 Å². The van der Waals surface area contributed by atoms with E-state index in [1.54, 1.807) is 25.7 Å². The van der Waals surface area contributed by atoms with Gasteiger partial charge in [-0.25, -0.2) is 4.79 Å². The summed E-state index contributed by atoms with van der Waals surface area (Å²) in [4.78, 5) is 42.7. The van der Waals surface area contributed by atoms with Crippen LogP contribution < -0.4 is 10.6 Å². The number of carbonyl (C=O) groups excluding carboxylic acids is 3. The predicted octanol–water partition coefficient (Wildman–Crippen LogP) is 5.83. The Morgan fingerprint density at radius 1 is 1.11 bits per heavy atom. The molecule has 0 heterocycles. The molecule has 0 aliphatic heterocycles. The molecule has 0 bridgehead atoms. The maximum Gasteiger partial charge on any atom is 0.408 e. The normalized spacial score (nSPS) is 19.5. The Morgan fingerprint density at radius 3 is 2.24 bits per heavy atom. The standard InChI is InChI=1S/C30H49N3O4/c1-11-12-22(7)31-27(34)26(23-16-19(4)13-14-20(23)5)33(25-17-21(25)6)28(35)24(15-18(2)3)32-29(36)37-30(8,9)10/h13-14,16,18,21-22,24-26H,11-12,15,17H2,1-10H3,(H,31,34)(H,32,36). The number of hydrogen-bond donors (Lipinski definition) is 2. The third kappa shape index (κ3) is 9.04. The average Bonchev–Trinajstić information content (AvgIpc) is 3.47. The first kappa shape index (κ1) is 30.7. The van der Waals surface area contributed by atoms with Crippen LogP contribution in [0.15, 0.2) is 18.2 Å². The van der Waals surface area contributed by atoms with Gasteiger partial charge in [0.15, 0.2) is 0 Å². The molecule has 7 nitrogen and oxygen atoms in total. The van der Waals surface area contributed by atoms with Crippen molar-refractivity contribution in [1.82, 2.24) is 15.5 Å². The summed E-state index contributed by atoms with van der Waals surface area (Å²) in [6.45, 7) is 19.6. The molecular formula is C30H49N3O4. The zero-order valence-corrected chi connectivity index (χ0v) is 24.6. The van der Waals surface area contributed by atoms with Gasteiger partial charge in [0, 0.05) is 12.1 Å². The molecule has 1 aliphatic carbocycles. The van der Waals surface area contributed by atoms with E-state index in [9.17, 15) is 14.4 Å². The topological polar surface area (TPSA) is 87.7 Å². The Morgan fingerprint density at radius 2 is 1.73 bits per heavy atom. The van der Waals surface area contributed by atoms with Crippen LogP contribution >= 0.6 is 0 Å². The molecule has 5 atom stereocenters. The van der Waals surface area contributed by atoms with Crippen LogP contribution in [0.1, 0.15) is 104 Å². The van der Waals surface area contributed by atoms with Crippen molar-refractivity contribution >= 4 is 17.9 Å². The van der Waals surface area contributed by atoms with Crippen molar-refractivity contribution in [3.05, 3.63) is 34.9 Å². The average molecular weight is 516 g/mol. The van der Waals surface area contributed by atoms with Gasteiger partial charge in [-0.3, -0.25) is 9.59 Å². The van der Waals surface area contributed by atoms with Gasteiger partial charge in [0.05, 0.1) is 0 Å². The maximum absolute atomic E-state index is 14.3. The van der Waals surface area contributed by atoms with Crippen LogP contribution in [-0.4, -0.2) is 46.5 Å². The summed E-state index contributed by atoms with van der Waals surface area (Å²) < 4.78 is 5.48. The summed E-state index contributed by atoms with van der Waals surface area (Å²) >= 11 is 0. The Balaban J connectivity index is 2.54. The summed E-state index contributed by atoms with van der Waals surface area (Å²) in [5, 5.41) is 6.00. The molecule has 0 saturated heterocycles. The molecule has 37 heavy (non-hydrogen) atoms. The van der Waals surface area contributed by atoms with Crippen molar-refractivity contribution in [2.45, 2.75) is 125 Å². The fourth-order valence-corrected chi connectivity index (χ4v) is 4.79. The number of rotatable bonds is 11. The van der Waals surface area contributed by atoms with Crippen LogP contribution in [0.4, 0.5) is 4.79 Å². The first-order valence-electron chi connectivity index (χ1n) is 13.8. The van der Waals surface area contributed by atoms with E-state index in [1.165, 1.54) is 0 Å². The molecule has 0 aromatic heterocycles. The van der Waals surface area contributed by atoms with Crippen molar-refractivity contribution in [2.75, 3.05) is 0 Å². The van der Waals surface area contributed by atoms with Gasteiger partial charge >= 0.3 is 6.09 Å². The Kier molecular flexibility index (Phi) is 10.6. The molecule has 1 saturated carbocycles. The number of carbonyl (C=O) groups is 3. The summed E-state index contributed by atoms with van der Waals surface area (Å²) in [5.41, 5.74) is 2.13. The van der Waals surface area contributed by atoms with E-state index >= 15 is 0 Å². The lowest BCUT2D eigenvalue weighted by Crippen LogP contribution is -2.55. The van der Waals surface area contributed by atoms with Crippen molar-refractivity contribution in [2.24, 2.45) is 11.8 Å². The van der Waals surface area contributed by atoms with Gasteiger partial charge in [-0.15, -0.1) is 0 Å². The van der Waals surface area contributed by atoms with Gasteiger partial charge < -0.3 is 20.3 Å². The van der Waals surface area contributed by atoms with Crippen molar-refractivity contribution in [3.8, 4) is 0 Å². The minimum Gasteiger partial charge on any atom is -0.444 e. The molecule has 1 fully saturated rings. The monoisotopic (exact) mass is 515 g/mol. The Bertz CT molecular complexity index is 953. The SMILES string of the molecule is CCCC(C)NC(=O)C(c1cc(C)ccc1C)N(C(=O)C(CC(C)C)NC(=O)OC(C)(C)C)C1CC1C. The largest absolute Gasteiger partial charge is 0.444 e. The van der Waals surface area contributed by atoms with Gasteiger partial charge in [-0.05, 0) is 83.8 Å². The highest BCUT2D eigenvalue weighted by atomic mass is 16.6. The number of ether oxygens (including phenoxy) is 1. The number of hydrogen-bond acceptors (Lipinski definition) is 4. The fraction of sp³-hybridized carbons (Fsp3) is 0.700. The number of nitrogens with zero attached hydrogens (tertiary/aromatic N) is 1. The molecule has 208 valence electrons. The van der Waals surface area contributed by atoms with Crippen LogP contribution in [0.2, 0.25) is 0 Å². The van der Waals surface area contributed by atoms with Gasteiger partial charge in [0.2, 0.25) is 11.8 Å². The summed E-state index contributed by atoms with van der Waals surface area (Å²) in [5.74, 6) is 0.0133. The molecular weight excluding hydrogens is 466 g/mol. The summed E-state index contributed by atoms with van der Waals surface area (Å²) in [7, 11) is 0. The minimum atomic E-state index is -0.795. The second-order valence-electron chi connectivity index (χ2n) is 12.3. The van der Waals surface area contributed by atoms with E-state index in [0.717, 1.165) is 36.0 Å². The Labute approximate surface area is 224 Å². The van der Waals surface area contributed by atoms with Crippen molar-refractivity contribution in [3.63, 3.8) is 0 Å². The van der Waals surface area contributed by atoms with Crippen molar-refractivity contribution in [1.29, 1.82) is 0 Å². The summed E-state index contributed by atoms with van der Waals surface area (Å²) in [6, 6.07) is 4.38. The van der Waals surface area contributed by atoms with E-state index < -0.39 is 23.8 Å². The van der Waals surface area contributed by atoms with Gasteiger partial charge in [0.1, 0.15) is 17.7 Å². The Hall–Kier alpha value is -2.57. The van der Waals surface area contributed by atoms with E-state index in [0.29, 0.717) is 6.42 Å². The molecule has 1 aromatic rings. The van der Waals surface area contributed by atoms with E-state index in [-0.39, 0.29) is 35.7 Å². The third-order valence-electron chi connectivity index (χ3n) is 6.74. The van der Waals surface area contributed by atoms with Gasteiger partial charge in [-0.2, -0.15) is 0 Å². The fourth-order valence-electron chi connectivity index (χ4n) is 4.79. The zero-order valence-electron chi connectivity index (χ0n) is 24.6. The summed E-state index contributed by atoms with van der Waals surface area (Å²) in [6.07, 6.45) is 2.46. The zero-order chi connectivity index (χ0) is 28.1. The molecule has 2 rings (SSSR count). The van der Waals surface area contributed by atoms with Crippen molar-refractivity contribution < 1.29 is 19.1 Å². The molecule has 1 aliphatic rings. The van der Waals surface area contributed by atoms with E-state index in [1.807, 2.05) is 52.8 Å². The number of nitrogens with one attached hydrogen (secondary N) is 2. The predicted molar refractivity (Wildman–Crippen MR) is 148 cm³/mol. The number of alkyl carbamates (subject to hydrolysis) is 1. The smallest absolute Gasteiger partial charge is 0.408 e. The quantitative estimate of drug-likeness (QED) is 0.388. The lowest BCUT2D eigenvalue weighted by molar-refractivity contribution is -0.144. The lowest BCUT2D eigenvalue weighted by atomic mass is 9.94. The van der Waals surface area contributed by atoms with Crippen LogP contribution in [-0.2, 0) is 14.3 Å². The molecule has 0 radical (unpaired) electrons. The highest BCUT2D eigenvalue weighted by Gasteiger charge is 2.48. The molecule has 3 amide bonds. The third-order valence-corrected chi connectivity index (χ3v) is 6.74. The number of amides is 3. The first-order chi connectivity index (χ1) is 17.1. The minimum absolute atomic E-state index is 0.00922. The van der Waals surface area contributed by atoms with Crippen LogP contribution in [0.25, 0.3) is 0 Å². The lowest BCUT2D eigenvalue weighted by Gasteiger charge is -2.36. The molecule has 7 heteroatoms. The molecule has 2 N–H and O–H groups in total. The van der Waals surface area contributed by atoms with Gasteiger partial charge in [0.25, 0.3) is 0 Å². The molecule has 0 spiro atoms. The maximum atomic E-state index is 14.3. The first-order valence-corrected chi connectivity index (χ1v) is 13.8. The number of aryl methyl sites for hydroxylation is 2. The second-order valence-corrected chi connectivity index (χ2v) is 12.3. The number of benzene rings is 1. The highest BCUT2D eigenvalue weighted by Crippen LogP contribution is 2.41. The van der Waals surface area contributed by atoms with Gasteiger partial charge in [-0.1, -0.05) is 57.9 Å². The molecule has 5 unspecified atom stereocenters. The van der Waals surface area contributed by atoms with E-state index in [4.69, 9.17) is 4.74 Å². The molecule has 1 aromatic carbocycles. The highest BCUT2D eigenvalue weighted by molar-refractivity contribution is 5.93. The van der Waals surface area contributed by atoms with E-state index in [2.05, 4.69) is 24.5 Å². The second kappa shape index (κ2) is 12.8.